The van der Waals surface area contributed by atoms with Crippen LogP contribution in [0.3, 0.4) is 0 Å². The van der Waals surface area contributed by atoms with Crippen LogP contribution < -0.4 is 15.5 Å². The Bertz CT molecular complexity index is 833. The van der Waals surface area contributed by atoms with Crippen molar-refractivity contribution in [1.82, 2.24) is 15.2 Å². The fourth-order valence-electron chi connectivity index (χ4n) is 4.13. The fourth-order valence-corrected chi connectivity index (χ4v) is 4.13. The largest absolute Gasteiger partial charge is 0.357 e. The second-order valence-electron chi connectivity index (χ2n) is 7.75. The highest BCUT2D eigenvalue weighted by Crippen LogP contribution is 2.23. The third kappa shape index (κ3) is 6.77. The molecule has 31 heavy (non-hydrogen) atoms. The minimum absolute atomic E-state index is 0. The molecule has 3 heterocycles. The van der Waals surface area contributed by atoms with Gasteiger partial charge in [-0.25, -0.2) is 9.37 Å². The van der Waals surface area contributed by atoms with Gasteiger partial charge in [0.15, 0.2) is 0 Å². The number of nitrogens with zero attached hydrogens (tertiary/aromatic N) is 3. The Labute approximate surface area is 195 Å². The predicted octanol–water partition coefficient (Wildman–Crippen LogP) is 3.64. The number of aromatic nitrogens is 1. The van der Waals surface area contributed by atoms with E-state index in [2.05, 4.69) is 25.4 Å². The first-order chi connectivity index (χ1) is 14.2. The molecule has 1 aromatic carbocycles. The first kappa shape index (κ1) is 25.3. The van der Waals surface area contributed by atoms with Gasteiger partial charge in [-0.1, -0.05) is 12.1 Å². The highest BCUT2D eigenvalue weighted by Gasteiger charge is 2.26. The van der Waals surface area contributed by atoms with Crippen molar-refractivity contribution in [2.24, 2.45) is 0 Å². The maximum absolute atomic E-state index is 13.6. The number of anilines is 2. The Morgan fingerprint density at radius 2 is 1.94 bits per heavy atom. The summed E-state index contributed by atoms with van der Waals surface area (Å²) in [5, 5.41) is 6.28. The van der Waals surface area contributed by atoms with Crippen molar-refractivity contribution in [3.63, 3.8) is 0 Å². The van der Waals surface area contributed by atoms with Gasteiger partial charge in [-0.2, -0.15) is 0 Å². The molecular formula is C22H30Cl2FN5O. The van der Waals surface area contributed by atoms with Crippen LogP contribution in [0.1, 0.15) is 30.9 Å². The maximum atomic E-state index is 13.6. The van der Waals surface area contributed by atoms with Crippen LogP contribution in [-0.4, -0.2) is 55.1 Å². The van der Waals surface area contributed by atoms with Crippen LogP contribution >= 0.6 is 24.8 Å². The van der Waals surface area contributed by atoms with Gasteiger partial charge in [0, 0.05) is 38.8 Å². The van der Waals surface area contributed by atoms with E-state index < -0.39 is 0 Å². The Kier molecular flexibility index (Phi) is 9.96. The Balaban J connectivity index is 0.00000171. The van der Waals surface area contributed by atoms with Crippen molar-refractivity contribution in [2.75, 3.05) is 49.5 Å². The third-order valence-electron chi connectivity index (χ3n) is 5.65. The monoisotopic (exact) mass is 469 g/mol. The zero-order valence-corrected chi connectivity index (χ0v) is 19.1. The Morgan fingerprint density at radius 1 is 1.13 bits per heavy atom. The summed E-state index contributed by atoms with van der Waals surface area (Å²) in [6, 6.07) is 10.5. The number of rotatable bonds is 5. The zero-order chi connectivity index (χ0) is 20.1. The Hall–Kier alpha value is -1.93. The molecule has 2 saturated heterocycles. The molecule has 0 bridgehead atoms. The molecular weight excluding hydrogens is 440 g/mol. The van der Waals surface area contributed by atoms with Gasteiger partial charge in [-0.15, -0.1) is 24.8 Å². The SMILES string of the molecule is Cl.Cl.O=C(CN1CCNCC1c1cccc(F)c1)Nc1ccc(N2CCCCC2)nc1. The maximum Gasteiger partial charge on any atom is 0.238 e. The summed E-state index contributed by atoms with van der Waals surface area (Å²) in [6.07, 6.45) is 5.42. The molecule has 170 valence electrons. The molecule has 1 aromatic heterocycles. The quantitative estimate of drug-likeness (QED) is 0.699. The van der Waals surface area contributed by atoms with Crippen LogP contribution in [0, 0.1) is 5.82 Å². The number of hydrogen-bond donors (Lipinski definition) is 2. The summed E-state index contributed by atoms with van der Waals surface area (Å²) in [6.45, 7) is 4.60. The summed E-state index contributed by atoms with van der Waals surface area (Å²) < 4.78 is 13.6. The van der Waals surface area contributed by atoms with Gasteiger partial charge in [-0.3, -0.25) is 9.69 Å². The average Bonchev–Trinajstić information content (AvgIpc) is 2.75. The number of amides is 1. The van der Waals surface area contributed by atoms with E-state index in [1.807, 2.05) is 18.2 Å². The lowest BCUT2D eigenvalue weighted by Gasteiger charge is -2.36. The molecule has 6 nitrogen and oxygen atoms in total. The second-order valence-corrected chi connectivity index (χ2v) is 7.75. The normalized spacial score (nSPS) is 19.1. The molecule has 1 amide bonds. The van der Waals surface area contributed by atoms with Gasteiger partial charge in [-0.05, 0) is 49.1 Å². The van der Waals surface area contributed by atoms with Crippen LogP contribution in [0.25, 0.3) is 0 Å². The lowest BCUT2D eigenvalue weighted by atomic mass is 10.0. The molecule has 2 N–H and O–H groups in total. The van der Waals surface area contributed by atoms with Crippen LogP contribution in [0.4, 0.5) is 15.9 Å². The smallest absolute Gasteiger partial charge is 0.238 e. The van der Waals surface area contributed by atoms with E-state index in [4.69, 9.17) is 0 Å². The van der Waals surface area contributed by atoms with Gasteiger partial charge >= 0.3 is 0 Å². The summed E-state index contributed by atoms with van der Waals surface area (Å²) in [5.41, 5.74) is 1.59. The molecule has 0 radical (unpaired) electrons. The van der Waals surface area contributed by atoms with E-state index in [-0.39, 0.29) is 49.1 Å². The summed E-state index contributed by atoms with van der Waals surface area (Å²) in [7, 11) is 0. The van der Waals surface area contributed by atoms with Gasteiger partial charge in [0.2, 0.25) is 5.91 Å². The number of nitrogens with one attached hydrogen (secondary N) is 2. The average molecular weight is 470 g/mol. The lowest BCUT2D eigenvalue weighted by Crippen LogP contribution is -2.48. The third-order valence-corrected chi connectivity index (χ3v) is 5.65. The van der Waals surface area contributed by atoms with E-state index in [1.165, 1.54) is 25.3 Å². The molecule has 0 spiro atoms. The van der Waals surface area contributed by atoms with Crippen molar-refractivity contribution in [3.05, 3.63) is 54.0 Å². The standard InChI is InChI=1S/C22H28FN5O.2ClH/c23-18-6-4-5-17(13-18)20-15-24-9-12-28(20)16-22(29)26-19-7-8-21(25-14-19)27-10-2-1-3-11-27;;/h4-8,13-14,20,24H,1-3,9-12,15-16H2,(H,26,29);2*1H. The van der Waals surface area contributed by atoms with Gasteiger partial charge in [0.05, 0.1) is 18.4 Å². The highest BCUT2D eigenvalue weighted by molar-refractivity contribution is 5.92. The molecule has 4 rings (SSSR count). The van der Waals surface area contributed by atoms with Crippen LogP contribution in [0.2, 0.25) is 0 Å². The minimum Gasteiger partial charge on any atom is -0.357 e. The Morgan fingerprint density at radius 3 is 2.65 bits per heavy atom. The minimum atomic E-state index is -0.252. The molecule has 2 aromatic rings. The summed E-state index contributed by atoms with van der Waals surface area (Å²) in [4.78, 5) is 21.5. The number of halogens is 3. The predicted molar refractivity (Wildman–Crippen MR) is 127 cm³/mol. The number of hydrogen-bond acceptors (Lipinski definition) is 5. The molecule has 2 fully saturated rings. The first-order valence-corrected chi connectivity index (χ1v) is 10.4. The highest BCUT2D eigenvalue weighted by atomic mass is 35.5. The first-order valence-electron chi connectivity index (χ1n) is 10.4. The molecule has 2 aliphatic heterocycles. The molecule has 1 atom stereocenters. The number of carbonyl (C=O) groups excluding carboxylic acids is 1. The van der Waals surface area contributed by atoms with Crippen molar-refractivity contribution in [1.29, 1.82) is 0 Å². The van der Waals surface area contributed by atoms with E-state index in [9.17, 15) is 9.18 Å². The van der Waals surface area contributed by atoms with Crippen molar-refractivity contribution in [3.8, 4) is 0 Å². The van der Waals surface area contributed by atoms with E-state index in [0.29, 0.717) is 12.2 Å². The molecule has 2 aliphatic rings. The van der Waals surface area contributed by atoms with Crippen molar-refractivity contribution < 1.29 is 9.18 Å². The number of benzene rings is 1. The summed E-state index contributed by atoms with van der Waals surface area (Å²) in [5.74, 6) is 0.633. The number of carbonyl (C=O) groups is 1. The molecule has 0 aliphatic carbocycles. The van der Waals surface area contributed by atoms with Crippen LogP contribution in [0.15, 0.2) is 42.6 Å². The zero-order valence-electron chi connectivity index (χ0n) is 17.4. The van der Waals surface area contributed by atoms with Crippen LogP contribution in [-0.2, 0) is 4.79 Å². The number of piperazine rings is 1. The molecule has 9 heteroatoms. The molecule has 1 unspecified atom stereocenters. The second kappa shape index (κ2) is 12.2. The van der Waals surface area contributed by atoms with E-state index in [0.717, 1.165) is 37.6 Å². The van der Waals surface area contributed by atoms with E-state index in [1.54, 1.807) is 18.3 Å². The number of piperidine rings is 1. The van der Waals surface area contributed by atoms with Crippen LogP contribution in [0.5, 0.6) is 0 Å². The van der Waals surface area contributed by atoms with Gasteiger partial charge in [0.25, 0.3) is 0 Å². The van der Waals surface area contributed by atoms with E-state index >= 15 is 0 Å². The molecule has 0 saturated carbocycles. The summed E-state index contributed by atoms with van der Waals surface area (Å²) >= 11 is 0. The number of pyridine rings is 1. The van der Waals surface area contributed by atoms with Gasteiger partial charge in [0.1, 0.15) is 11.6 Å². The lowest BCUT2D eigenvalue weighted by molar-refractivity contribution is -0.118. The van der Waals surface area contributed by atoms with Crippen molar-refractivity contribution in [2.45, 2.75) is 25.3 Å². The van der Waals surface area contributed by atoms with Crippen molar-refractivity contribution >= 4 is 42.2 Å². The fraction of sp³-hybridized carbons (Fsp3) is 0.455. The van der Waals surface area contributed by atoms with Gasteiger partial charge < -0.3 is 15.5 Å². The topological polar surface area (TPSA) is 60.5 Å².